The zero-order chi connectivity index (χ0) is 28.1. The summed E-state index contributed by atoms with van der Waals surface area (Å²) in [5.41, 5.74) is 0.483. The number of fused-ring (bicyclic) bond motifs is 5. The summed E-state index contributed by atoms with van der Waals surface area (Å²) in [6, 6.07) is 0. The average Bonchev–Trinajstić information content (AvgIpc) is 3.19. The second-order valence-electron chi connectivity index (χ2n) is 16.0. The standard InChI is InChI=1S/C34H58O3S/c1-10-32(6,7)30(36)37-24-17-19-33(8)23(21-24)12-13-25-27-15-14-26(34(27,9)20-18-28(25)33)22(2)11-16-29(35)38-31(3,4)5/h22-28H,10-21H2,1-9H3/t22?,23?,24?,25?,26?,27?,28?,33-,34+/m0/s1. The summed E-state index contributed by atoms with van der Waals surface area (Å²) >= 11 is 1.53. The summed E-state index contributed by atoms with van der Waals surface area (Å²) in [5, 5.41) is 0.374. The molecule has 4 rings (SSSR count). The molecule has 0 aromatic heterocycles. The predicted octanol–water partition coefficient (Wildman–Crippen LogP) is 9.47. The molecule has 4 fully saturated rings. The summed E-state index contributed by atoms with van der Waals surface area (Å²) in [5.74, 6) is 4.66. The molecule has 0 heterocycles. The highest BCUT2D eigenvalue weighted by Crippen LogP contribution is 2.68. The van der Waals surface area contributed by atoms with Crippen molar-refractivity contribution in [3.63, 3.8) is 0 Å². The SMILES string of the molecule is CCC(C)(C)C(=O)OC1CC[C@@]2(C)C(CCC3C4CCC(C(C)CCC(=O)SC(C)(C)C)[C@@]4(C)CCC32)C1. The van der Waals surface area contributed by atoms with Gasteiger partial charge in [-0.05, 0) is 131 Å². The molecule has 0 bridgehead atoms. The fraction of sp³-hybridized carbons (Fsp3) is 0.941. The van der Waals surface area contributed by atoms with E-state index in [1.165, 1.54) is 56.7 Å². The Morgan fingerprint density at radius 3 is 2.24 bits per heavy atom. The zero-order valence-corrected chi connectivity index (χ0v) is 27.0. The topological polar surface area (TPSA) is 43.4 Å². The lowest BCUT2D eigenvalue weighted by atomic mass is 9.44. The first kappa shape index (κ1) is 30.4. The van der Waals surface area contributed by atoms with Gasteiger partial charge in [0, 0.05) is 11.2 Å². The lowest BCUT2D eigenvalue weighted by Crippen LogP contribution is -2.54. The van der Waals surface area contributed by atoms with Crippen LogP contribution in [0.1, 0.15) is 139 Å². The molecule has 218 valence electrons. The van der Waals surface area contributed by atoms with Crippen molar-refractivity contribution in [2.45, 2.75) is 150 Å². The maximum Gasteiger partial charge on any atom is 0.311 e. The molecule has 0 aromatic rings. The van der Waals surface area contributed by atoms with Crippen molar-refractivity contribution in [2.24, 2.45) is 51.8 Å². The van der Waals surface area contributed by atoms with Crippen LogP contribution in [0.3, 0.4) is 0 Å². The molecule has 38 heavy (non-hydrogen) atoms. The van der Waals surface area contributed by atoms with Crippen molar-refractivity contribution in [1.82, 2.24) is 0 Å². The number of thioether (sulfide) groups is 1. The Balaban J connectivity index is 1.38. The highest BCUT2D eigenvalue weighted by Gasteiger charge is 2.60. The Kier molecular flexibility index (Phi) is 8.85. The molecule has 0 radical (unpaired) electrons. The second-order valence-corrected chi connectivity index (χ2v) is 17.9. The van der Waals surface area contributed by atoms with Gasteiger partial charge in [0.25, 0.3) is 0 Å². The van der Waals surface area contributed by atoms with E-state index in [0.29, 0.717) is 27.8 Å². The molecule has 0 saturated heterocycles. The van der Waals surface area contributed by atoms with Gasteiger partial charge < -0.3 is 4.74 Å². The van der Waals surface area contributed by atoms with Crippen molar-refractivity contribution in [2.75, 3.05) is 0 Å². The minimum absolute atomic E-state index is 0.000499. The van der Waals surface area contributed by atoms with Crippen molar-refractivity contribution in [1.29, 1.82) is 0 Å². The number of hydrogen-bond acceptors (Lipinski definition) is 4. The summed E-state index contributed by atoms with van der Waals surface area (Å²) in [6.07, 6.45) is 14.2. The number of rotatable bonds is 7. The van der Waals surface area contributed by atoms with E-state index in [-0.39, 0.29) is 22.2 Å². The van der Waals surface area contributed by atoms with Crippen LogP contribution in [0.25, 0.3) is 0 Å². The smallest absolute Gasteiger partial charge is 0.311 e. The minimum atomic E-state index is -0.374. The van der Waals surface area contributed by atoms with Crippen molar-refractivity contribution in [3.05, 3.63) is 0 Å². The Labute approximate surface area is 238 Å². The molecule has 0 spiro atoms. The maximum atomic E-state index is 12.8. The van der Waals surface area contributed by atoms with Crippen LogP contribution in [-0.2, 0) is 14.3 Å². The van der Waals surface area contributed by atoms with Gasteiger partial charge in [0.2, 0.25) is 0 Å². The van der Waals surface area contributed by atoms with Gasteiger partial charge in [0.1, 0.15) is 6.10 Å². The predicted molar refractivity (Wildman–Crippen MR) is 160 cm³/mol. The van der Waals surface area contributed by atoms with Crippen LogP contribution in [0.5, 0.6) is 0 Å². The maximum absolute atomic E-state index is 12.8. The first-order chi connectivity index (χ1) is 17.6. The van der Waals surface area contributed by atoms with Crippen molar-refractivity contribution >= 4 is 22.8 Å². The molecule has 0 amide bonds. The first-order valence-corrected chi connectivity index (χ1v) is 16.9. The van der Waals surface area contributed by atoms with Crippen LogP contribution in [-0.4, -0.2) is 21.9 Å². The van der Waals surface area contributed by atoms with E-state index in [0.717, 1.165) is 55.8 Å². The lowest BCUT2D eigenvalue weighted by Gasteiger charge is -2.61. The normalized spacial score (nSPS) is 40.0. The Morgan fingerprint density at radius 2 is 1.58 bits per heavy atom. The summed E-state index contributed by atoms with van der Waals surface area (Å²) in [6.45, 7) is 20.2. The first-order valence-electron chi connectivity index (χ1n) is 16.0. The Hall–Kier alpha value is -0.510. The molecular weight excluding hydrogens is 488 g/mol. The van der Waals surface area contributed by atoms with Gasteiger partial charge in [-0.1, -0.05) is 60.2 Å². The fourth-order valence-electron chi connectivity index (χ4n) is 9.70. The van der Waals surface area contributed by atoms with E-state index in [2.05, 4.69) is 48.5 Å². The minimum Gasteiger partial charge on any atom is -0.462 e. The summed E-state index contributed by atoms with van der Waals surface area (Å²) < 4.78 is 6.12. The average molecular weight is 547 g/mol. The molecule has 0 N–H and O–H groups in total. The lowest BCUT2D eigenvalue weighted by molar-refractivity contribution is -0.171. The van der Waals surface area contributed by atoms with E-state index < -0.39 is 0 Å². The van der Waals surface area contributed by atoms with Crippen LogP contribution in [0.4, 0.5) is 0 Å². The molecule has 4 aliphatic carbocycles. The number of carbonyl (C=O) groups excluding carboxylic acids is 2. The molecular formula is C34H58O3S. The molecule has 3 nitrogen and oxygen atoms in total. The molecule has 4 heteroatoms. The van der Waals surface area contributed by atoms with Crippen LogP contribution in [0, 0.1) is 51.8 Å². The molecule has 7 unspecified atom stereocenters. The fourth-order valence-corrected chi connectivity index (χ4v) is 10.6. The van der Waals surface area contributed by atoms with E-state index in [1.807, 2.05) is 13.8 Å². The van der Waals surface area contributed by atoms with Crippen molar-refractivity contribution in [3.8, 4) is 0 Å². The largest absolute Gasteiger partial charge is 0.462 e. The van der Waals surface area contributed by atoms with Crippen LogP contribution in [0.2, 0.25) is 0 Å². The number of esters is 1. The van der Waals surface area contributed by atoms with E-state index >= 15 is 0 Å². The monoisotopic (exact) mass is 546 g/mol. The van der Waals surface area contributed by atoms with Gasteiger partial charge >= 0.3 is 5.97 Å². The van der Waals surface area contributed by atoms with Crippen molar-refractivity contribution < 1.29 is 14.3 Å². The number of ether oxygens (including phenoxy) is 1. The molecule has 9 atom stereocenters. The van der Waals surface area contributed by atoms with Crippen LogP contribution < -0.4 is 0 Å². The Morgan fingerprint density at radius 1 is 0.921 bits per heavy atom. The van der Waals surface area contributed by atoms with Gasteiger partial charge in [-0.15, -0.1) is 0 Å². The van der Waals surface area contributed by atoms with Gasteiger partial charge in [0.15, 0.2) is 5.12 Å². The highest BCUT2D eigenvalue weighted by molar-refractivity contribution is 8.14. The van der Waals surface area contributed by atoms with Crippen LogP contribution >= 0.6 is 11.8 Å². The third kappa shape index (κ3) is 5.91. The third-order valence-electron chi connectivity index (χ3n) is 12.3. The Bertz CT molecular complexity index is 873. The summed E-state index contributed by atoms with van der Waals surface area (Å²) in [7, 11) is 0. The van der Waals surface area contributed by atoms with E-state index in [1.54, 1.807) is 0 Å². The molecule has 4 aliphatic rings. The zero-order valence-electron chi connectivity index (χ0n) is 26.2. The number of carbonyl (C=O) groups is 2. The van der Waals surface area contributed by atoms with Gasteiger partial charge in [-0.25, -0.2) is 0 Å². The van der Waals surface area contributed by atoms with Gasteiger partial charge in [-0.2, -0.15) is 0 Å². The number of hydrogen-bond donors (Lipinski definition) is 0. The van der Waals surface area contributed by atoms with Gasteiger partial charge in [-0.3, -0.25) is 9.59 Å². The molecule has 4 saturated carbocycles. The quantitative estimate of drug-likeness (QED) is 0.298. The molecule has 0 aromatic carbocycles. The summed E-state index contributed by atoms with van der Waals surface area (Å²) in [4.78, 5) is 25.4. The van der Waals surface area contributed by atoms with E-state index in [4.69, 9.17) is 4.74 Å². The van der Waals surface area contributed by atoms with Crippen LogP contribution in [0.15, 0.2) is 0 Å². The second kappa shape index (κ2) is 11.1. The third-order valence-corrected chi connectivity index (χ3v) is 13.4. The van der Waals surface area contributed by atoms with Gasteiger partial charge in [0.05, 0.1) is 5.41 Å². The highest BCUT2D eigenvalue weighted by atomic mass is 32.2. The van der Waals surface area contributed by atoms with E-state index in [9.17, 15) is 9.59 Å². The molecule has 0 aliphatic heterocycles.